The number of ether oxygens (including phenoxy) is 2. The van der Waals surface area contributed by atoms with Crippen LogP contribution in [0, 0.1) is 11.7 Å². The number of carbonyl (C=O) groups excluding carboxylic acids is 1. The smallest absolute Gasteiger partial charge is 0.317 e. The molecular formula is C17H21FN2O5. The summed E-state index contributed by atoms with van der Waals surface area (Å²) in [4.78, 5) is 27.4. The van der Waals surface area contributed by atoms with Crippen LogP contribution >= 0.6 is 0 Å². The molecule has 2 saturated heterocycles. The molecule has 1 N–H and O–H groups in total. The van der Waals surface area contributed by atoms with Gasteiger partial charge in [0.25, 0.3) is 5.91 Å². The molecule has 0 saturated carbocycles. The number of hydrogen-bond donors (Lipinski definition) is 1. The Morgan fingerprint density at radius 1 is 1.32 bits per heavy atom. The summed E-state index contributed by atoms with van der Waals surface area (Å²) < 4.78 is 24.4. The minimum absolute atomic E-state index is 0.0268. The quantitative estimate of drug-likeness (QED) is 0.859. The van der Waals surface area contributed by atoms with E-state index < -0.39 is 11.8 Å². The third-order valence-corrected chi connectivity index (χ3v) is 4.61. The van der Waals surface area contributed by atoms with Crippen molar-refractivity contribution in [1.29, 1.82) is 0 Å². The predicted octanol–water partition coefficient (Wildman–Crippen LogP) is 0.692. The molecule has 1 aromatic rings. The molecule has 2 aliphatic heterocycles. The van der Waals surface area contributed by atoms with Crippen LogP contribution < -0.4 is 4.74 Å². The van der Waals surface area contributed by atoms with Gasteiger partial charge in [0.1, 0.15) is 0 Å². The van der Waals surface area contributed by atoms with E-state index in [2.05, 4.69) is 0 Å². The number of amides is 1. The maximum atomic E-state index is 13.9. The first kappa shape index (κ1) is 17.6. The van der Waals surface area contributed by atoms with E-state index in [1.807, 2.05) is 4.90 Å². The molecule has 7 nitrogen and oxygen atoms in total. The Balaban J connectivity index is 1.79. The van der Waals surface area contributed by atoms with Crippen molar-refractivity contribution in [3.05, 3.63) is 29.6 Å². The second kappa shape index (κ2) is 7.37. The lowest BCUT2D eigenvalue weighted by Gasteiger charge is -2.30. The molecule has 2 fully saturated rings. The zero-order chi connectivity index (χ0) is 18.0. The highest BCUT2D eigenvalue weighted by Crippen LogP contribution is 2.23. The van der Waals surface area contributed by atoms with Gasteiger partial charge in [-0.3, -0.25) is 14.5 Å². The number of fused-ring (bicyclic) bond motifs is 3. The van der Waals surface area contributed by atoms with E-state index in [0.717, 1.165) is 0 Å². The fourth-order valence-electron chi connectivity index (χ4n) is 3.44. The van der Waals surface area contributed by atoms with Crippen molar-refractivity contribution in [2.45, 2.75) is 6.04 Å². The topological polar surface area (TPSA) is 79.3 Å². The van der Waals surface area contributed by atoms with E-state index in [4.69, 9.17) is 14.6 Å². The van der Waals surface area contributed by atoms with Crippen LogP contribution in [0.15, 0.2) is 18.2 Å². The van der Waals surface area contributed by atoms with Gasteiger partial charge >= 0.3 is 5.97 Å². The summed E-state index contributed by atoms with van der Waals surface area (Å²) in [5, 5.41) is 9.09. The lowest BCUT2D eigenvalue weighted by atomic mass is 10.1. The zero-order valence-corrected chi connectivity index (χ0v) is 14.0. The van der Waals surface area contributed by atoms with Crippen molar-refractivity contribution in [2.75, 3.05) is 46.5 Å². The van der Waals surface area contributed by atoms with E-state index in [1.54, 1.807) is 4.90 Å². The van der Waals surface area contributed by atoms with Gasteiger partial charge in [-0.15, -0.1) is 0 Å². The zero-order valence-electron chi connectivity index (χ0n) is 14.0. The third-order valence-electron chi connectivity index (χ3n) is 4.61. The number of rotatable bonds is 4. The number of carboxylic acid groups (broad SMARTS) is 1. The van der Waals surface area contributed by atoms with Crippen molar-refractivity contribution >= 4 is 11.9 Å². The largest absolute Gasteiger partial charge is 0.494 e. The van der Waals surface area contributed by atoms with Crippen molar-refractivity contribution in [1.82, 2.24) is 9.80 Å². The van der Waals surface area contributed by atoms with Gasteiger partial charge in [-0.1, -0.05) is 0 Å². The number of nitrogens with zero attached hydrogens (tertiary/aromatic N) is 2. The van der Waals surface area contributed by atoms with Gasteiger partial charge in [-0.05, 0) is 18.2 Å². The van der Waals surface area contributed by atoms with Crippen LogP contribution in [0.5, 0.6) is 5.75 Å². The molecule has 2 atom stereocenters. The summed E-state index contributed by atoms with van der Waals surface area (Å²) in [7, 11) is 1.37. The normalized spacial score (nSPS) is 23.8. The lowest BCUT2D eigenvalue weighted by molar-refractivity contribution is -0.139. The van der Waals surface area contributed by atoms with Crippen molar-refractivity contribution in [2.24, 2.45) is 5.92 Å². The third kappa shape index (κ3) is 3.91. The van der Waals surface area contributed by atoms with Crippen LogP contribution in [0.4, 0.5) is 4.39 Å². The maximum absolute atomic E-state index is 13.9. The maximum Gasteiger partial charge on any atom is 0.317 e. The van der Waals surface area contributed by atoms with Crippen molar-refractivity contribution in [3.63, 3.8) is 0 Å². The number of halogens is 1. The molecule has 0 aliphatic carbocycles. The summed E-state index contributed by atoms with van der Waals surface area (Å²) in [5.41, 5.74) is 0.254. The number of carbonyl (C=O) groups is 2. The molecule has 2 bridgehead atoms. The summed E-state index contributed by atoms with van der Waals surface area (Å²) >= 11 is 0. The van der Waals surface area contributed by atoms with Crippen LogP contribution in [-0.4, -0.2) is 79.3 Å². The molecule has 0 spiro atoms. The molecule has 0 aromatic heterocycles. The minimum Gasteiger partial charge on any atom is -0.494 e. The molecule has 0 unspecified atom stereocenters. The monoisotopic (exact) mass is 352 g/mol. The molecule has 2 heterocycles. The Hall–Kier alpha value is -2.19. The SMILES string of the molecule is COc1ccc(C(=O)N2C[C@@H]3COC[C@H](C2)N(CC(=O)O)C3)cc1F. The number of methoxy groups -OCH3 is 1. The summed E-state index contributed by atoms with van der Waals surface area (Å²) in [6.45, 7) is 2.16. The highest BCUT2D eigenvalue weighted by Gasteiger charge is 2.36. The second-order valence-electron chi connectivity index (χ2n) is 6.44. The van der Waals surface area contributed by atoms with E-state index in [9.17, 15) is 14.0 Å². The number of aliphatic carboxylic acids is 1. The summed E-state index contributed by atoms with van der Waals surface area (Å²) in [5.74, 6) is -1.64. The molecule has 1 aromatic carbocycles. The lowest BCUT2D eigenvalue weighted by Crippen LogP contribution is -2.47. The Labute approximate surface area is 144 Å². The molecule has 25 heavy (non-hydrogen) atoms. The van der Waals surface area contributed by atoms with E-state index >= 15 is 0 Å². The van der Waals surface area contributed by atoms with Gasteiger partial charge in [0.15, 0.2) is 11.6 Å². The molecule has 8 heteroatoms. The average Bonchev–Trinajstić information content (AvgIpc) is 2.83. The Morgan fingerprint density at radius 2 is 2.12 bits per heavy atom. The first-order valence-corrected chi connectivity index (χ1v) is 8.14. The molecule has 1 amide bonds. The highest BCUT2D eigenvalue weighted by atomic mass is 19.1. The van der Waals surface area contributed by atoms with Gasteiger partial charge in [-0.25, -0.2) is 4.39 Å². The van der Waals surface area contributed by atoms with Crippen LogP contribution in [-0.2, 0) is 9.53 Å². The Kier molecular flexibility index (Phi) is 5.19. The van der Waals surface area contributed by atoms with Gasteiger partial charge in [0.05, 0.1) is 32.9 Å². The second-order valence-corrected chi connectivity index (χ2v) is 6.44. The Bertz CT molecular complexity index is 668. The van der Waals surface area contributed by atoms with Crippen molar-refractivity contribution in [3.8, 4) is 5.75 Å². The highest BCUT2D eigenvalue weighted by molar-refractivity contribution is 5.94. The molecule has 136 valence electrons. The number of carboxylic acids is 1. The summed E-state index contributed by atoms with van der Waals surface area (Å²) in [6, 6.07) is 3.96. The van der Waals surface area contributed by atoms with Crippen molar-refractivity contribution < 1.29 is 28.6 Å². The van der Waals surface area contributed by atoms with Gasteiger partial charge in [0.2, 0.25) is 0 Å². The fraction of sp³-hybridized carbons (Fsp3) is 0.529. The van der Waals surface area contributed by atoms with Gasteiger partial charge < -0.3 is 19.5 Å². The van der Waals surface area contributed by atoms with E-state index in [-0.39, 0.29) is 35.7 Å². The van der Waals surface area contributed by atoms with E-state index in [1.165, 1.54) is 25.3 Å². The van der Waals surface area contributed by atoms with Crippen LogP contribution in [0.1, 0.15) is 10.4 Å². The first-order chi connectivity index (χ1) is 12.0. The van der Waals surface area contributed by atoms with E-state index in [0.29, 0.717) is 32.8 Å². The summed E-state index contributed by atoms with van der Waals surface area (Å²) in [6.07, 6.45) is 0. The molecule has 0 radical (unpaired) electrons. The standard InChI is InChI=1S/C17H21FN2O5/c1-24-15-3-2-12(4-14(15)18)17(23)20-6-11-5-19(8-16(21)22)13(7-20)10-25-9-11/h2-4,11,13H,5-10H2,1H3,(H,21,22)/t11-,13+/m1/s1. The Morgan fingerprint density at radius 3 is 2.80 bits per heavy atom. The number of benzene rings is 1. The number of hydrogen-bond acceptors (Lipinski definition) is 5. The van der Waals surface area contributed by atoms with Crippen LogP contribution in [0.3, 0.4) is 0 Å². The minimum atomic E-state index is -0.900. The predicted molar refractivity (Wildman–Crippen MR) is 86.2 cm³/mol. The first-order valence-electron chi connectivity index (χ1n) is 8.14. The van der Waals surface area contributed by atoms with Crippen LogP contribution in [0.2, 0.25) is 0 Å². The van der Waals surface area contributed by atoms with Gasteiger partial charge in [-0.2, -0.15) is 0 Å². The molecular weight excluding hydrogens is 331 g/mol. The molecule has 3 rings (SSSR count). The average molecular weight is 352 g/mol. The molecule has 2 aliphatic rings. The van der Waals surface area contributed by atoms with Gasteiger partial charge in [0, 0.05) is 31.1 Å². The fourth-order valence-corrected chi connectivity index (χ4v) is 3.44. The van der Waals surface area contributed by atoms with Crippen LogP contribution in [0.25, 0.3) is 0 Å².